The highest BCUT2D eigenvalue weighted by Gasteiger charge is 2.30. The number of hydrogen-bond donors (Lipinski definition) is 2. The van der Waals surface area contributed by atoms with Crippen molar-refractivity contribution in [2.45, 2.75) is 39.2 Å². The van der Waals surface area contributed by atoms with Crippen LogP contribution in [-0.2, 0) is 17.6 Å². The molecule has 0 saturated carbocycles. The minimum atomic E-state index is -1.07. The maximum absolute atomic E-state index is 13.2. The summed E-state index contributed by atoms with van der Waals surface area (Å²) in [5.74, 6) is -2.14. The molecule has 2 N–H and O–H groups in total. The van der Waals surface area contributed by atoms with E-state index in [2.05, 4.69) is 10.4 Å². The molecule has 3 rings (SSSR count). The summed E-state index contributed by atoms with van der Waals surface area (Å²) in [5, 5.41) is 16.2. The van der Waals surface area contributed by atoms with Gasteiger partial charge in [0, 0.05) is 11.3 Å². The molecule has 0 aliphatic heterocycles. The number of carboxylic acids is 1. The highest BCUT2D eigenvalue weighted by atomic mass is 19.1. The third-order valence-corrected chi connectivity index (χ3v) is 4.44. The van der Waals surface area contributed by atoms with Gasteiger partial charge in [0.1, 0.15) is 11.9 Å². The Labute approximate surface area is 144 Å². The first kappa shape index (κ1) is 17.1. The lowest BCUT2D eigenvalue weighted by Crippen LogP contribution is -2.44. The first-order valence-corrected chi connectivity index (χ1v) is 8.29. The number of hydrogen-bond acceptors (Lipinski definition) is 3. The van der Waals surface area contributed by atoms with Crippen molar-refractivity contribution in [3.05, 3.63) is 47.0 Å². The number of nitrogens with one attached hydrogen (secondary N) is 1. The minimum Gasteiger partial charge on any atom is -0.480 e. The number of aromatic nitrogens is 2. The van der Waals surface area contributed by atoms with Crippen molar-refractivity contribution in [1.29, 1.82) is 0 Å². The van der Waals surface area contributed by atoms with Crippen molar-refractivity contribution >= 4 is 11.9 Å². The second-order valence-electron chi connectivity index (χ2n) is 6.55. The van der Waals surface area contributed by atoms with E-state index >= 15 is 0 Å². The van der Waals surface area contributed by atoms with Crippen LogP contribution in [0.2, 0.25) is 0 Å². The van der Waals surface area contributed by atoms with E-state index in [1.807, 2.05) is 0 Å². The van der Waals surface area contributed by atoms with Gasteiger partial charge in [0.15, 0.2) is 5.69 Å². The fourth-order valence-corrected chi connectivity index (χ4v) is 3.14. The van der Waals surface area contributed by atoms with E-state index in [-0.39, 0.29) is 17.4 Å². The molecule has 1 atom stereocenters. The van der Waals surface area contributed by atoms with Crippen LogP contribution in [0.1, 0.15) is 42.0 Å². The smallest absolute Gasteiger partial charge is 0.326 e. The Morgan fingerprint density at radius 1 is 1.24 bits per heavy atom. The monoisotopic (exact) mass is 345 g/mol. The molecule has 0 spiro atoms. The normalized spacial score (nSPS) is 14.4. The molecular weight excluding hydrogens is 325 g/mol. The van der Waals surface area contributed by atoms with Crippen molar-refractivity contribution < 1.29 is 19.1 Å². The molecule has 1 unspecified atom stereocenters. The Kier molecular flexibility index (Phi) is 4.57. The molecule has 132 valence electrons. The lowest BCUT2D eigenvalue weighted by atomic mass is 10.0. The van der Waals surface area contributed by atoms with Crippen LogP contribution in [-0.4, -0.2) is 32.8 Å². The van der Waals surface area contributed by atoms with Crippen LogP contribution >= 0.6 is 0 Å². The Morgan fingerprint density at radius 3 is 2.52 bits per heavy atom. The fraction of sp³-hybridized carbons (Fsp3) is 0.389. The van der Waals surface area contributed by atoms with E-state index < -0.39 is 17.9 Å². The Bertz CT molecular complexity index is 812. The van der Waals surface area contributed by atoms with Crippen LogP contribution in [0.5, 0.6) is 0 Å². The Hall–Kier alpha value is -2.70. The molecule has 0 radical (unpaired) electrons. The van der Waals surface area contributed by atoms with Gasteiger partial charge < -0.3 is 10.4 Å². The van der Waals surface area contributed by atoms with Gasteiger partial charge in [-0.15, -0.1) is 0 Å². The highest BCUT2D eigenvalue weighted by molar-refractivity contribution is 5.96. The van der Waals surface area contributed by atoms with E-state index in [4.69, 9.17) is 0 Å². The molecular formula is C18H20FN3O3. The van der Waals surface area contributed by atoms with Crippen LogP contribution in [0, 0.1) is 11.7 Å². The molecule has 1 aliphatic rings. The number of carbonyl (C=O) groups is 2. The SMILES string of the molecule is CC(C)C(NC(=O)c1nn(-c2ccc(F)cc2)c2c1CCC2)C(=O)O. The number of rotatable bonds is 5. The van der Waals surface area contributed by atoms with Gasteiger partial charge in [-0.1, -0.05) is 13.8 Å². The molecule has 1 aliphatic carbocycles. The lowest BCUT2D eigenvalue weighted by Gasteiger charge is -2.17. The van der Waals surface area contributed by atoms with Crippen molar-refractivity contribution in [1.82, 2.24) is 15.1 Å². The third-order valence-electron chi connectivity index (χ3n) is 4.44. The third kappa shape index (κ3) is 3.26. The van der Waals surface area contributed by atoms with Crippen molar-refractivity contribution in [2.24, 2.45) is 5.92 Å². The number of fused-ring (bicyclic) bond motifs is 1. The van der Waals surface area contributed by atoms with Crippen molar-refractivity contribution in [2.75, 3.05) is 0 Å². The fourth-order valence-electron chi connectivity index (χ4n) is 3.14. The molecule has 6 nitrogen and oxygen atoms in total. The van der Waals surface area contributed by atoms with Gasteiger partial charge >= 0.3 is 5.97 Å². The second kappa shape index (κ2) is 6.66. The first-order valence-electron chi connectivity index (χ1n) is 8.29. The van der Waals surface area contributed by atoms with Gasteiger partial charge in [0.05, 0.1) is 5.69 Å². The van der Waals surface area contributed by atoms with Crippen molar-refractivity contribution in [3.8, 4) is 5.69 Å². The van der Waals surface area contributed by atoms with Gasteiger partial charge in [0.25, 0.3) is 5.91 Å². The topological polar surface area (TPSA) is 84.2 Å². The van der Waals surface area contributed by atoms with Crippen LogP contribution in [0.15, 0.2) is 24.3 Å². The van der Waals surface area contributed by atoms with E-state index in [1.165, 1.54) is 12.1 Å². The summed E-state index contributed by atoms with van der Waals surface area (Å²) >= 11 is 0. The first-order chi connectivity index (χ1) is 11.9. The number of carboxylic acid groups (broad SMARTS) is 1. The molecule has 1 aromatic carbocycles. The zero-order valence-electron chi connectivity index (χ0n) is 14.1. The summed E-state index contributed by atoms with van der Waals surface area (Å²) in [5.41, 5.74) is 2.70. The summed E-state index contributed by atoms with van der Waals surface area (Å²) in [6, 6.07) is 4.93. The van der Waals surface area contributed by atoms with Crippen LogP contribution in [0.3, 0.4) is 0 Å². The standard InChI is InChI=1S/C18H20FN3O3/c1-10(2)15(18(24)25)20-17(23)16-13-4-3-5-14(13)22(21-16)12-8-6-11(19)7-9-12/h6-10,15H,3-5H2,1-2H3,(H,20,23)(H,24,25). The molecule has 2 aromatic rings. The van der Waals surface area contributed by atoms with Gasteiger partial charge in [-0.05, 0) is 49.4 Å². The number of nitrogens with zero attached hydrogens (tertiary/aromatic N) is 2. The van der Waals surface area contributed by atoms with Crippen molar-refractivity contribution in [3.63, 3.8) is 0 Å². The summed E-state index contributed by atoms with van der Waals surface area (Å²) in [6.07, 6.45) is 2.40. The number of benzene rings is 1. The summed E-state index contributed by atoms with van der Waals surface area (Å²) in [6.45, 7) is 3.47. The summed E-state index contributed by atoms with van der Waals surface area (Å²) in [4.78, 5) is 23.9. The van der Waals surface area contributed by atoms with Gasteiger partial charge in [-0.2, -0.15) is 5.10 Å². The maximum atomic E-state index is 13.2. The highest BCUT2D eigenvalue weighted by Crippen LogP contribution is 2.28. The number of amides is 1. The number of aliphatic carboxylic acids is 1. The molecule has 0 bridgehead atoms. The minimum absolute atomic E-state index is 0.242. The molecule has 1 amide bonds. The largest absolute Gasteiger partial charge is 0.480 e. The van der Waals surface area contributed by atoms with Gasteiger partial charge in [-0.25, -0.2) is 13.9 Å². The zero-order chi connectivity index (χ0) is 18.1. The predicted octanol–water partition coefficient (Wildman–Crippen LogP) is 2.34. The average Bonchev–Trinajstić information content (AvgIpc) is 3.15. The average molecular weight is 345 g/mol. The van der Waals surface area contributed by atoms with E-state index in [0.29, 0.717) is 5.69 Å². The molecule has 0 fully saturated rings. The molecule has 0 saturated heterocycles. The van der Waals surface area contributed by atoms with Gasteiger partial charge in [-0.3, -0.25) is 4.79 Å². The molecule has 1 heterocycles. The second-order valence-corrected chi connectivity index (χ2v) is 6.55. The predicted molar refractivity (Wildman–Crippen MR) is 89.3 cm³/mol. The lowest BCUT2D eigenvalue weighted by molar-refractivity contribution is -0.140. The summed E-state index contributed by atoms with van der Waals surface area (Å²) < 4.78 is 14.8. The van der Waals surface area contributed by atoms with E-state index in [1.54, 1.807) is 30.7 Å². The van der Waals surface area contributed by atoms with Crippen LogP contribution in [0.4, 0.5) is 4.39 Å². The number of carbonyl (C=O) groups excluding carboxylic acids is 1. The molecule has 7 heteroatoms. The van der Waals surface area contributed by atoms with E-state index in [0.717, 1.165) is 30.5 Å². The Morgan fingerprint density at radius 2 is 1.92 bits per heavy atom. The summed E-state index contributed by atoms with van der Waals surface area (Å²) in [7, 11) is 0. The molecule has 1 aromatic heterocycles. The Balaban J connectivity index is 1.95. The van der Waals surface area contributed by atoms with E-state index in [9.17, 15) is 19.1 Å². The quantitative estimate of drug-likeness (QED) is 0.871. The number of halogens is 1. The maximum Gasteiger partial charge on any atom is 0.326 e. The van der Waals surface area contributed by atoms with Crippen LogP contribution < -0.4 is 5.32 Å². The van der Waals surface area contributed by atoms with Gasteiger partial charge in [0.2, 0.25) is 0 Å². The van der Waals surface area contributed by atoms with Crippen LogP contribution in [0.25, 0.3) is 5.69 Å². The molecule has 25 heavy (non-hydrogen) atoms. The zero-order valence-corrected chi connectivity index (χ0v) is 14.1.